The molecule has 0 saturated carbocycles. The van der Waals surface area contributed by atoms with Crippen molar-refractivity contribution < 1.29 is 5.11 Å². The molecule has 0 aromatic heterocycles. The van der Waals surface area contributed by atoms with E-state index < -0.39 is 5.60 Å². The molecular weight excluding hydrogens is 342 g/mol. The minimum Gasteiger partial charge on any atom is -0.380 e. The van der Waals surface area contributed by atoms with E-state index in [0.717, 1.165) is 49.2 Å². The minimum atomic E-state index is -0.940. The van der Waals surface area contributed by atoms with Crippen molar-refractivity contribution >= 4 is 0 Å². The van der Waals surface area contributed by atoms with Gasteiger partial charge in [0.1, 0.15) is 5.60 Å². The Bertz CT molecular complexity index is 826. The molecule has 1 N–H and O–H groups in total. The number of piperidine rings is 1. The van der Waals surface area contributed by atoms with Crippen molar-refractivity contribution in [1.82, 2.24) is 4.90 Å². The third kappa shape index (κ3) is 3.89. The first kappa shape index (κ1) is 18.9. The average molecular weight is 371 g/mol. The van der Waals surface area contributed by atoms with Crippen LogP contribution in [0.15, 0.2) is 84.9 Å². The lowest BCUT2D eigenvalue weighted by Gasteiger charge is -2.42. The molecule has 1 aliphatic heterocycles. The second-order valence-corrected chi connectivity index (χ2v) is 7.87. The van der Waals surface area contributed by atoms with E-state index in [2.05, 4.69) is 60.4 Å². The monoisotopic (exact) mass is 370 g/mol. The number of nitrogens with zero attached hydrogens (tertiary/aromatic N) is 1. The Morgan fingerprint density at radius 1 is 0.786 bits per heavy atom. The molecule has 0 aliphatic carbocycles. The van der Waals surface area contributed by atoms with Gasteiger partial charge in [0, 0.05) is 6.54 Å². The summed E-state index contributed by atoms with van der Waals surface area (Å²) >= 11 is 0. The maximum Gasteiger partial charge on any atom is 0.117 e. The van der Waals surface area contributed by atoms with Gasteiger partial charge in [-0.25, -0.2) is 0 Å². The Morgan fingerprint density at radius 3 is 1.79 bits per heavy atom. The van der Waals surface area contributed by atoms with Crippen LogP contribution in [0.2, 0.25) is 0 Å². The molecule has 2 heteroatoms. The van der Waals surface area contributed by atoms with Crippen molar-refractivity contribution in [3.63, 3.8) is 0 Å². The highest BCUT2D eigenvalue weighted by Crippen LogP contribution is 2.42. The van der Waals surface area contributed by atoms with E-state index in [1.165, 1.54) is 5.56 Å². The first-order chi connectivity index (χ1) is 13.7. The zero-order valence-corrected chi connectivity index (χ0v) is 16.3. The second kappa shape index (κ2) is 8.30. The predicted octanol–water partition coefficient (Wildman–Crippen LogP) is 5.02. The summed E-state index contributed by atoms with van der Waals surface area (Å²) in [6.45, 7) is 6.92. The number of rotatable bonds is 5. The van der Waals surface area contributed by atoms with Gasteiger partial charge in [0.15, 0.2) is 0 Å². The van der Waals surface area contributed by atoms with Crippen molar-refractivity contribution in [2.45, 2.75) is 25.0 Å². The van der Waals surface area contributed by atoms with Crippen LogP contribution in [-0.2, 0) is 12.1 Å². The Morgan fingerprint density at radius 2 is 1.29 bits per heavy atom. The second-order valence-electron chi connectivity index (χ2n) is 7.87. The molecule has 0 spiro atoms. The van der Waals surface area contributed by atoms with Crippen LogP contribution in [0, 0.1) is 12.8 Å². The number of likely N-dealkylation sites (tertiary alicyclic amines) is 1. The molecule has 0 amide bonds. The van der Waals surface area contributed by atoms with Crippen LogP contribution in [0.1, 0.15) is 35.1 Å². The molecule has 1 saturated heterocycles. The summed E-state index contributed by atoms with van der Waals surface area (Å²) in [7, 11) is 0. The highest BCUT2D eigenvalue weighted by atomic mass is 16.3. The number of aliphatic hydroxyl groups is 1. The SMILES string of the molecule is [CH2]c1ccc(CN2CCC(C(O)(c3ccccc3)c3ccccc3)CC2)cc1. The lowest BCUT2D eigenvalue weighted by Crippen LogP contribution is -2.44. The summed E-state index contributed by atoms with van der Waals surface area (Å²) in [6, 6.07) is 28.8. The Labute approximate surface area is 168 Å². The van der Waals surface area contributed by atoms with E-state index in [-0.39, 0.29) is 5.92 Å². The van der Waals surface area contributed by atoms with Crippen LogP contribution in [0.3, 0.4) is 0 Å². The van der Waals surface area contributed by atoms with Gasteiger partial charge >= 0.3 is 0 Å². The largest absolute Gasteiger partial charge is 0.380 e. The predicted molar refractivity (Wildman–Crippen MR) is 115 cm³/mol. The topological polar surface area (TPSA) is 23.5 Å². The summed E-state index contributed by atoms with van der Waals surface area (Å²) in [5.74, 6) is 0.204. The van der Waals surface area contributed by atoms with Crippen molar-refractivity contribution in [3.05, 3.63) is 114 Å². The van der Waals surface area contributed by atoms with Crippen LogP contribution < -0.4 is 0 Å². The molecule has 3 aromatic rings. The third-order valence-corrected chi connectivity index (χ3v) is 6.04. The third-order valence-electron chi connectivity index (χ3n) is 6.04. The van der Waals surface area contributed by atoms with Crippen LogP contribution in [0.25, 0.3) is 0 Å². The van der Waals surface area contributed by atoms with Crippen molar-refractivity contribution in [2.75, 3.05) is 13.1 Å². The smallest absolute Gasteiger partial charge is 0.117 e. The van der Waals surface area contributed by atoms with Crippen molar-refractivity contribution in [3.8, 4) is 0 Å². The van der Waals surface area contributed by atoms with E-state index in [0.29, 0.717) is 0 Å². The average Bonchev–Trinajstić information content (AvgIpc) is 2.76. The summed E-state index contributed by atoms with van der Waals surface area (Å²) in [5, 5.41) is 12.0. The maximum absolute atomic E-state index is 12.0. The fourth-order valence-corrected chi connectivity index (χ4v) is 4.43. The Hall–Kier alpha value is -2.42. The highest BCUT2D eigenvalue weighted by molar-refractivity contribution is 5.37. The summed E-state index contributed by atoms with van der Waals surface area (Å²) in [4.78, 5) is 2.49. The molecule has 0 atom stereocenters. The molecule has 1 aliphatic rings. The summed E-state index contributed by atoms with van der Waals surface area (Å²) < 4.78 is 0. The van der Waals surface area contributed by atoms with E-state index in [1.54, 1.807) is 0 Å². The van der Waals surface area contributed by atoms with Crippen LogP contribution >= 0.6 is 0 Å². The first-order valence-corrected chi connectivity index (χ1v) is 10.1. The van der Waals surface area contributed by atoms with Gasteiger partial charge in [-0.05, 0) is 61.0 Å². The van der Waals surface area contributed by atoms with Crippen molar-refractivity contribution in [1.29, 1.82) is 0 Å². The normalized spacial score (nSPS) is 16.2. The minimum absolute atomic E-state index is 0.204. The van der Waals surface area contributed by atoms with Gasteiger partial charge in [0.2, 0.25) is 0 Å². The fraction of sp³-hybridized carbons (Fsp3) is 0.269. The van der Waals surface area contributed by atoms with E-state index in [1.807, 2.05) is 36.4 Å². The zero-order chi connectivity index (χ0) is 19.4. The molecule has 0 unspecified atom stereocenters. The molecule has 1 heterocycles. The van der Waals surface area contributed by atoms with Gasteiger partial charge in [-0.1, -0.05) is 84.9 Å². The molecule has 28 heavy (non-hydrogen) atoms. The van der Waals surface area contributed by atoms with Gasteiger partial charge in [-0.2, -0.15) is 0 Å². The van der Waals surface area contributed by atoms with Gasteiger partial charge in [-0.15, -0.1) is 0 Å². The van der Waals surface area contributed by atoms with Gasteiger partial charge in [0.05, 0.1) is 0 Å². The van der Waals surface area contributed by atoms with E-state index in [4.69, 9.17) is 0 Å². The number of benzene rings is 3. The first-order valence-electron chi connectivity index (χ1n) is 10.1. The maximum atomic E-state index is 12.0. The molecule has 4 rings (SSSR count). The lowest BCUT2D eigenvalue weighted by molar-refractivity contribution is -0.0152. The lowest BCUT2D eigenvalue weighted by atomic mass is 9.72. The van der Waals surface area contributed by atoms with Gasteiger partial charge < -0.3 is 5.11 Å². The number of hydrogen-bond donors (Lipinski definition) is 1. The molecular formula is C26H28NO. The zero-order valence-electron chi connectivity index (χ0n) is 16.3. The quantitative estimate of drug-likeness (QED) is 0.682. The fourth-order valence-electron chi connectivity index (χ4n) is 4.43. The molecule has 3 aromatic carbocycles. The van der Waals surface area contributed by atoms with E-state index >= 15 is 0 Å². The number of hydrogen-bond acceptors (Lipinski definition) is 2. The standard InChI is InChI=1S/C26H28NO/c1-21-12-14-22(15-13-21)20-27-18-16-25(17-19-27)26(28,23-8-4-2-5-9-23)24-10-6-3-7-11-24/h2-15,25,28H,1,16-20H2. The molecule has 2 nitrogen and oxygen atoms in total. The van der Waals surface area contributed by atoms with Crippen LogP contribution in [0.5, 0.6) is 0 Å². The van der Waals surface area contributed by atoms with Crippen molar-refractivity contribution in [2.24, 2.45) is 5.92 Å². The van der Waals surface area contributed by atoms with Crippen LogP contribution in [0.4, 0.5) is 0 Å². The van der Waals surface area contributed by atoms with Gasteiger partial charge in [-0.3, -0.25) is 4.90 Å². The van der Waals surface area contributed by atoms with Crippen LogP contribution in [-0.4, -0.2) is 23.1 Å². The highest BCUT2D eigenvalue weighted by Gasteiger charge is 2.41. The molecule has 143 valence electrons. The van der Waals surface area contributed by atoms with Gasteiger partial charge in [0.25, 0.3) is 0 Å². The van der Waals surface area contributed by atoms with E-state index in [9.17, 15) is 5.11 Å². The summed E-state index contributed by atoms with van der Waals surface area (Å²) in [5.41, 5.74) is 3.42. The summed E-state index contributed by atoms with van der Waals surface area (Å²) in [6.07, 6.45) is 1.96. The Balaban J connectivity index is 1.52. The molecule has 0 bridgehead atoms. The molecule has 1 radical (unpaired) electrons. The molecule has 1 fully saturated rings. The Kier molecular flexibility index (Phi) is 5.61.